The summed E-state index contributed by atoms with van der Waals surface area (Å²) >= 11 is 0. The summed E-state index contributed by atoms with van der Waals surface area (Å²) in [5.41, 5.74) is 1.52. The molecule has 1 aliphatic carbocycles. The molecule has 1 aromatic heterocycles. The molecule has 1 aromatic rings. The van der Waals surface area contributed by atoms with Gasteiger partial charge in [-0.05, 0) is 44.2 Å². The van der Waals surface area contributed by atoms with Crippen LogP contribution in [0.2, 0.25) is 0 Å². The van der Waals surface area contributed by atoms with E-state index >= 15 is 0 Å². The second kappa shape index (κ2) is 5.84. The molecule has 1 aliphatic heterocycles. The molecule has 2 fully saturated rings. The molecule has 0 bridgehead atoms. The molecule has 112 valence electrons. The van der Waals surface area contributed by atoms with Crippen LogP contribution in [-0.4, -0.2) is 40.8 Å². The third-order valence-electron chi connectivity index (χ3n) is 4.17. The molecule has 2 aliphatic rings. The number of nitrogens with one attached hydrogen (secondary N) is 1. The Bertz CT molecular complexity index is 537. The fourth-order valence-corrected chi connectivity index (χ4v) is 2.71. The fourth-order valence-electron chi connectivity index (χ4n) is 2.71. The summed E-state index contributed by atoms with van der Waals surface area (Å²) in [5, 5.41) is 3.05. The molecule has 1 N–H and O–H groups in total. The first kappa shape index (κ1) is 14.0. The Morgan fingerprint density at radius 1 is 1.33 bits per heavy atom. The van der Waals surface area contributed by atoms with E-state index in [2.05, 4.69) is 10.3 Å². The molecule has 2 amide bonds. The van der Waals surface area contributed by atoms with Crippen molar-refractivity contribution in [3.05, 3.63) is 29.6 Å². The lowest BCUT2D eigenvalue weighted by atomic mass is 10.2. The molecule has 0 radical (unpaired) electrons. The van der Waals surface area contributed by atoms with Gasteiger partial charge in [0.25, 0.3) is 5.91 Å². The maximum atomic E-state index is 12.4. The molecule has 0 spiro atoms. The number of amides is 2. The third kappa shape index (κ3) is 3.60. The van der Waals surface area contributed by atoms with Gasteiger partial charge >= 0.3 is 0 Å². The van der Waals surface area contributed by atoms with E-state index in [-0.39, 0.29) is 17.9 Å². The first-order valence-corrected chi connectivity index (χ1v) is 7.63. The van der Waals surface area contributed by atoms with Crippen molar-refractivity contribution in [3.63, 3.8) is 0 Å². The Kier molecular flexibility index (Phi) is 3.90. The maximum absolute atomic E-state index is 12.4. The van der Waals surface area contributed by atoms with Crippen LogP contribution in [-0.2, 0) is 4.79 Å². The lowest BCUT2D eigenvalue weighted by Gasteiger charge is -2.17. The van der Waals surface area contributed by atoms with Gasteiger partial charge in [-0.2, -0.15) is 0 Å². The number of likely N-dealkylation sites (tertiary alicyclic amines) is 1. The highest BCUT2D eigenvalue weighted by atomic mass is 16.2. The average molecular weight is 287 g/mol. The van der Waals surface area contributed by atoms with Gasteiger partial charge in [0.15, 0.2) is 0 Å². The topological polar surface area (TPSA) is 62.3 Å². The lowest BCUT2D eigenvalue weighted by molar-refractivity contribution is -0.122. The lowest BCUT2D eigenvalue weighted by Crippen LogP contribution is -2.38. The van der Waals surface area contributed by atoms with E-state index in [0.29, 0.717) is 31.0 Å². The molecule has 0 unspecified atom stereocenters. The van der Waals surface area contributed by atoms with E-state index < -0.39 is 0 Å². The highest BCUT2D eigenvalue weighted by molar-refractivity contribution is 5.94. The Morgan fingerprint density at radius 3 is 2.81 bits per heavy atom. The molecular formula is C16H21N3O2. The normalized spacial score (nSPS) is 21.4. The zero-order valence-electron chi connectivity index (χ0n) is 12.3. The number of carbonyl (C=O) groups is 2. The number of carbonyl (C=O) groups excluding carboxylic acids is 2. The zero-order chi connectivity index (χ0) is 14.8. The predicted octanol–water partition coefficient (Wildman–Crippen LogP) is 1.52. The first-order chi connectivity index (χ1) is 10.1. The SMILES string of the molecule is Cc1ccc(C(=O)N2CC[C@@H](NC(=O)CC3CC3)C2)cn1. The van der Waals surface area contributed by atoms with E-state index in [1.54, 1.807) is 11.1 Å². The number of hydrogen-bond donors (Lipinski definition) is 1. The van der Waals surface area contributed by atoms with Crippen molar-refractivity contribution in [2.75, 3.05) is 13.1 Å². The number of pyridine rings is 1. The molecule has 1 atom stereocenters. The summed E-state index contributed by atoms with van der Waals surface area (Å²) in [4.78, 5) is 30.1. The molecule has 1 saturated carbocycles. The largest absolute Gasteiger partial charge is 0.352 e. The van der Waals surface area contributed by atoms with Gasteiger partial charge in [0, 0.05) is 37.4 Å². The quantitative estimate of drug-likeness (QED) is 0.913. The Labute approximate surface area is 124 Å². The van der Waals surface area contributed by atoms with Gasteiger partial charge in [-0.25, -0.2) is 0 Å². The minimum atomic E-state index is 0.00134. The molecule has 5 heteroatoms. The summed E-state index contributed by atoms with van der Waals surface area (Å²) in [7, 11) is 0. The summed E-state index contributed by atoms with van der Waals surface area (Å²) in [6.07, 6.45) is 5.47. The van der Waals surface area contributed by atoms with E-state index in [0.717, 1.165) is 12.1 Å². The van der Waals surface area contributed by atoms with Crippen LogP contribution in [0.1, 0.15) is 41.7 Å². The summed E-state index contributed by atoms with van der Waals surface area (Å²) < 4.78 is 0. The van der Waals surface area contributed by atoms with Crippen molar-refractivity contribution < 1.29 is 9.59 Å². The van der Waals surface area contributed by atoms with Gasteiger partial charge in [0.05, 0.1) is 5.56 Å². The van der Waals surface area contributed by atoms with Crippen LogP contribution in [0.3, 0.4) is 0 Å². The molecule has 0 aromatic carbocycles. The highest BCUT2D eigenvalue weighted by Crippen LogP contribution is 2.32. The molecule has 21 heavy (non-hydrogen) atoms. The van der Waals surface area contributed by atoms with Gasteiger partial charge in [0.2, 0.25) is 5.91 Å². The Hall–Kier alpha value is -1.91. The summed E-state index contributed by atoms with van der Waals surface area (Å²) in [6, 6.07) is 3.75. The van der Waals surface area contributed by atoms with Crippen molar-refractivity contribution in [1.29, 1.82) is 0 Å². The van der Waals surface area contributed by atoms with E-state index in [4.69, 9.17) is 0 Å². The standard InChI is InChI=1S/C16H21N3O2/c1-11-2-5-13(9-17-11)16(21)19-7-6-14(10-19)18-15(20)8-12-3-4-12/h2,5,9,12,14H,3-4,6-8,10H2,1H3,(H,18,20)/t14-/m1/s1. The molecular weight excluding hydrogens is 266 g/mol. The van der Waals surface area contributed by atoms with Crippen molar-refractivity contribution in [2.24, 2.45) is 5.92 Å². The van der Waals surface area contributed by atoms with Crippen LogP contribution in [0.25, 0.3) is 0 Å². The number of nitrogens with zero attached hydrogens (tertiary/aromatic N) is 2. The number of aryl methyl sites for hydroxylation is 1. The van der Waals surface area contributed by atoms with Gasteiger partial charge in [-0.15, -0.1) is 0 Å². The van der Waals surface area contributed by atoms with Gasteiger partial charge < -0.3 is 10.2 Å². The van der Waals surface area contributed by atoms with E-state index in [1.807, 2.05) is 19.1 Å². The van der Waals surface area contributed by atoms with Crippen LogP contribution < -0.4 is 5.32 Å². The van der Waals surface area contributed by atoms with Crippen molar-refractivity contribution in [3.8, 4) is 0 Å². The second-order valence-corrected chi connectivity index (χ2v) is 6.14. The fraction of sp³-hybridized carbons (Fsp3) is 0.562. The minimum Gasteiger partial charge on any atom is -0.352 e. The van der Waals surface area contributed by atoms with Gasteiger partial charge in [0.1, 0.15) is 0 Å². The number of aromatic nitrogens is 1. The van der Waals surface area contributed by atoms with Crippen molar-refractivity contribution in [1.82, 2.24) is 15.2 Å². The molecule has 1 saturated heterocycles. The minimum absolute atomic E-state index is 0.00134. The van der Waals surface area contributed by atoms with Crippen LogP contribution in [0.5, 0.6) is 0 Å². The summed E-state index contributed by atoms with van der Waals surface area (Å²) in [5.74, 6) is 0.734. The molecule has 2 heterocycles. The van der Waals surface area contributed by atoms with Crippen LogP contribution in [0, 0.1) is 12.8 Å². The number of rotatable bonds is 4. The molecule has 5 nitrogen and oxygen atoms in total. The van der Waals surface area contributed by atoms with Gasteiger partial charge in [-0.3, -0.25) is 14.6 Å². The van der Waals surface area contributed by atoms with Crippen LogP contribution >= 0.6 is 0 Å². The first-order valence-electron chi connectivity index (χ1n) is 7.63. The van der Waals surface area contributed by atoms with Crippen molar-refractivity contribution >= 4 is 11.8 Å². The van der Waals surface area contributed by atoms with Gasteiger partial charge in [-0.1, -0.05) is 0 Å². The zero-order valence-corrected chi connectivity index (χ0v) is 12.3. The van der Waals surface area contributed by atoms with Crippen molar-refractivity contribution in [2.45, 2.75) is 38.6 Å². The van der Waals surface area contributed by atoms with Crippen LogP contribution in [0.15, 0.2) is 18.3 Å². The molecule has 3 rings (SSSR count). The monoisotopic (exact) mass is 287 g/mol. The predicted molar refractivity (Wildman–Crippen MR) is 78.8 cm³/mol. The third-order valence-corrected chi connectivity index (χ3v) is 4.17. The second-order valence-electron chi connectivity index (χ2n) is 6.14. The highest BCUT2D eigenvalue weighted by Gasteiger charge is 2.30. The smallest absolute Gasteiger partial charge is 0.255 e. The average Bonchev–Trinajstić information content (AvgIpc) is 3.15. The Balaban J connectivity index is 1.52. The van der Waals surface area contributed by atoms with E-state index in [1.165, 1.54) is 12.8 Å². The Morgan fingerprint density at radius 2 is 2.14 bits per heavy atom. The summed E-state index contributed by atoms with van der Waals surface area (Å²) in [6.45, 7) is 3.19. The number of hydrogen-bond acceptors (Lipinski definition) is 3. The van der Waals surface area contributed by atoms with E-state index in [9.17, 15) is 9.59 Å². The van der Waals surface area contributed by atoms with Crippen LogP contribution in [0.4, 0.5) is 0 Å². The maximum Gasteiger partial charge on any atom is 0.255 e.